The summed E-state index contributed by atoms with van der Waals surface area (Å²) >= 11 is 0. The molecule has 0 saturated heterocycles. The van der Waals surface area contributed by atoms with Crippen molar-refractivity contribution in [2.24, 2.45) is 0 Å². The summed E-state index contributed by atoms with van der Waals surface area (Å²) in [5.74, 6) is 0.375. The van der Waals surface area contributed by atoms with Crippen LogP contribution in [-0.2, 0) is 11.2 Å². The molecule has 3 aromatic carbocycles. The van der Waals surface area contributed by atoms with Crippen molar-refractivity contribution in [3.8, 4) is 17.2 Å². The molecule has 0 aliphatic rings. The highest BCUT2D eigenvalue weighted by Crippen LogP contribution is 2.35. The Morgan fingerprint density at radius 1 is 0.912 bits per heavy atom. The average molecular weight is 466 g/mol. The number of nitrogens with zero attached hydrogens (tertiary/aromatic N) is 1. The standard InChI is InChI=1S/C25H26N2O7/c1-31-11-12-34-24-16-21(27(29)30)20(15-23(24)33-3)25(28)26-19-9-10-22(32-2)18(14-19)13-17-7-5-4-6-8-17/h4-10,14-16H,11-13H2,1-3H3,(H,26,28). The van der Waals surface area contributed by atoms with E-state index in [4.69, 9.17) is 18.9 Å². The summed E-state index contributed by atoms with van der Waals surface area (Å²) in [6.45, 7) is 0.466. The zero-order valence-electron chi connectivity index (χ0n) is 19.2. The molecule has 0 aliphatic heterocycles. The molecule has 0 spiro atoms. The predicted octanol–water partition coefficient (Wildman–Crippen LogP) is 4.48. The minimum Gasteiger partial charge on any atom is -0.496 e. The Kier molecular flexibility index (Phi) is 8.42. The lowest BCUT2D eigenvalue weighted by Crippen LogP contribution is -2.15. The van der Waals surface area contributed by atoms with Gasteiger partial charge in [-0.15, -0.1) is 0 Å². The Morgan fingerprint density at radius 3 is 2.29 bits per heavy atom. The lowest BCUT2D eigenvalue weighted by molar-refractivity contribution is -0.385. The van der Waals surface area contributed by atoms with E-state index in [2.05, 4.69) is 5.32 Å². The maximum atomic E-state index is 13.0. The molecule has 0 heterocycles. The van der Waals surface area contributed by atoms with E-state index in [0.717, 1.165) is 11.1 Å². The molecule has 0 aromatic heterocycles. The van der Waals surface area contributed by atoms with Gasteiger partial charge in [-0.2, -0.15) is 0 Å². The number of methoxy groups -OCH3 is 3. The summed E-state index contributed by atoms with van der Waals surface area (Å²) in [6, 6.07) is 17.5. The number of carbonyl (C=O) groups is 1. The number of hydrogen-bond donors (Lipinski definition) is 1. The molecule has 0 bridgehead atoms. The molecule has 9 nitrogen and oxygen atoms in total. The number of hydrogen-bond acceptors (Lipinski definition) is 7. The average Bonchev–Trinajstić information content (AvgIpc) is 2.84. The van der Waals surface area contributed by atoms with Gasteiger partial charge in [-0.3, -0.25) is 14.9 Å². The van der Waals surface area contributed by atoms with Crippen molar-refractivity contribution < 1.29 is 28.7 Å². The van der Waals surface area contributed by atoms with Crippen molar-refractivity contribution in [3.63, 3.8) is 0 Å². The Balaban J connectivity index is 1.89. The van der Waals surface area contributed by atoms with Crippen LogP contribution in [0.3, 0.4) is 0 Å². The van der Waals surface area contributed by atoms with Crippen molar-refractivity contribution in [3.05, 3.63) is 87.5 Å². The van der Waals surface area contributed by atoms with Gasteiger partial charge in [-0.05, 0) is 23.8 Å². The van der Waals surface area contributed by atoms with Crippen LogP contribution in [0.2, 0.25) is 0 Å². The lowest BCUT2D eigenvalue weighted by atomic mass is 10.0. The fourth-order valence-electron chi connectivity index (χ4n) is 3.40. The van der Waals surface area contributed by atoms with Gasteiger partial charge in [0.15, 0.2) is 11.5 Å². The highest BCUT2D eigenvalue weighted by Gasteiger charge is 2.25. The number of nitro groups is 1. The van der Waals surface area contributed by atoms with Gasteiger partial charge in [0.2, 0.25) is 0 Å². The Hall–Kier alpha value is -4.11. The third-order valence-electron chi connectivity index (χ3n) is 5.04. The van der Waals surface area contributed by atoms with Crippen molar-refractivity contribution in [2.75, 3.05) is 39.9 Å². The van der Waals surface area contributed by atoms with Crippen molar-refractivity contribution in [1.82, 2.24) is 0 Å². The molecule has 9 heteroatoms. The lowest BCUT2D eigenvalue weighted by Gasteiger charge is -2.14. The van der Waals surface area contributed by atoms with E-state index < -0.39 is 16.5 Å². The first-order valence-corrected chi connectivity index (χ1v) is 10.5. The fraction of sp³-hybridized carbons (Fsp3) is 0.240. The number of ether oxygens (including phenoxy) is 4. The van der Waals surface area contributed by atoms with Crippen LogP contribution in [0.4, 0.5) is 11.4 Å². The summed E-state index contributed by atoms with van der Waals surface area (Å²) in [6.07, 6.45) is 0.592. The Bertz CT molecular complexity index is 1150. The van der Waals surface area contributed by atoms with Gasteiger partial charge in [0.05, 0.1) is 31.8 Å². The van der Waals surface area contributed by atoms with Gasteiger partial charge >= 0.3 is 0 Å². The van der Waals surface area contributed by atoms with Crippen LogP contribution in [-0.4, -0.2) is 45.4 Å². The van der Waals surface area contributed by atoms with Gasteiger partial charge < -0.3 is 24.3 Å². The van der Waals surface area contributed by atoms with Gasteiger partial charge in [0, 0.05) is 30.8 Å². The van der Waals surface area contributed by atoms with Crippen LogP contribution < -0.4 is 19.5 Å². The van der Waals surface area contributed by atoms with Crippen LogP contribution in [0.25, 0.3) is 0 Å². The molecule has 3 aromatic rings. The van der Waals surface area contributed by atoms with E-state index in [1.54, 1.807) is 25.3 Å². The van der Waals surface area contributed by atoms with Crippen molar-refractivity contribution in [2.45, 2.75) is 6.42 Å². The van der Waals surface area contributed by atoms with E-state index in [-0.39, 0.29) is 23.7 Å². The number of rotatable bonds is 11. The first kappa shape index (κ1) is 24.5. The second-order valence-corrected chi connectivity index (χ2v) is 7.26. The van der Waals surface area contributed by atoms with Gasteiger partial charge in [0.1, 0.15) is 17.9 Å². The molecule has 34 heavy (non-hydrogen) atoms. The zero-order valence-corrected chi connectivity index (χ0v) is 19.2. The molecule has 0 saturated carbocycles. The van der Waals surface area contributed by atoms with E-state index in [9.17, 15) is 14.9 Å². The highest BCUT2D eigenvalue weighted by atomic mass is 16.6. The zero-order chi connectivity index (χ0) is 24.5. The first-order chi connectivity index (χ1) is 16.5. The van der Waals surface area contributed by atoms with Crippen LogP contribution in [0.1, 0.15) is 21.5 Å². The molecule has 3 rings (SSSR count). The van der Waals surface area contributed by atoms with E-state index >= 15 is 0 Å². The quantitative estimate of drug-likeness (QED) is 0.252. The van der Waals surface area contributed by atoms with Gasteiger partial charge in [-0.1, -0.05) is 30.3 Å². The Labute approximate surface area is 197 Å². The number of nitrogens with one attached hydrogen (secondary N) is 1. The van der Waals surface area contributed by atoms with Crippen LogP contribution in [0.5, 0.6) is 17.2 Å². The number of amides is 1. The molecular formula is C25H26N2O7. The van der Waals surface area contributed by atoms with E-state index in [0.29, 0.717) is 24.5 Å². The normalized spacial score (nSPS) is 10.4. The summed E-state index contributed by atoms with van der Waals surface area (Å²) < 4.78 is 21.2. The molecule has 0 fully saturated rings. The molecule has 0 unspecified atom stereocenters. The van der Waals surface area contributed by atoms with Crippen molar-refractivity contribution in [1.29, 1.82) is 0 Å². The molecule has 1 amide bonds. The monoisotopic (exact) mass is 466 g/mol. The van der Waals surface area contributed by atoms with E-state index in [1.807, 2.05) is 30.3 Å². The van der Waals surface area contributed by atoms with E-state index in [1.165, 1.54) is 26.4 Å². The largest absolute Gasteiger partial charge is 0.496 e. The fourth-order valence-corrected chi connectivity index (χ4v) is 3.40. The second-order valence-electron chi connectivity index (χ2n) is 7.26. The number of anilines is 1. The summed E-state index contributed by atoms with van der Waals surface area (Å²) in [5.41, 5.74) is 1.87. The van der Waals surface area contributed by atoms with Crippen LogP contribution in [0.15, 0.2) is 60.7 Å². The smallest absolute Gasteiger partial charge is 0.286 e. The maximum absolute atomic E-state index is 13.0. The molecule has 0 aliphatic carbocycles. The minimum absolute atomic E-state index is 0.150. The Morgan fingerprint density at radius 2 is 1.65 bits per heavy atom. The SMILES string of the molecule is COCCOc1cc([N+](=O)[O-])c(C(=O)Nc2ccc(OC)c(Cc3ccccc3)c2)cc1OC. The van der Waals surface area contributed by atoms with Gasteiger partial charge in [0.25, 0.3) is 11.6 Å². The number of benzene rings is 3. The summed E-state index contributed by atoms with van der Waals surface area (Å²) in [7, 11) is 4.49. The number of carbonyl (C=O) groups excluding carboxylic acids is 1. The third-order valence-corrected chi connectivity index (χ3v) is 5.04. The summed E-state index contributed by atoms with van der Waals surface area (Å²) in [5, 5.41) is 14.4. The number of nitro benzene ring substituents is 1. The highest BCUT2D eigenvalue weighted by molar-refractivity contribution is 6.07. The molecular weight excluding hydrogens is 440 g/mol. The maximum Gasteiger partial charge on any atom is 0.286 e. The molecule has 178 valence electrons. The third kappa shape index (κ3) is 6.02. The first-order valence-electron chi connectivity index (χ1n) is 10.5. The molecule has 1 N–H and O–H groups in total. The minimum atomic E-state index is -0.649. The van der Waals surface area contributed by atoms with Crippen LogP contribution >= 0.6 is 0 Å². The van der Waals surface area contributed by atoms with Gasteiger partial charge in [-0.25, -0.2) is 0 Å². The predicted molar refractivity (Wildman–Crippen MR) is 127 cm³/mol. The van der Waals surface area contributed by atoms with Crippen LogP contribution in [0, 0.1) is 10.1 Å². The second kappa shape index (κ2) is 11.7. The molecule has 0 radical (unpaired) electrons. The summed E-state index contributed by atoms with van der Waals surface area (Å²) in [4.78, 5) is 24.1. The van der Waals surface area contributed by atoms with Crippen molar-refractivity contribution >= 4 is 17.3 Å². The topological polar surface area (TPSA) is 109 Å². The molecule has 0 atom stereocenters.